The van der Waals surface area contributed by atoms with Gasteiger partial charge in [0.25, 0.3) is 6.02 Å². The second-order valence-electron chi connectivity index (χ2n) is 7.13. The van der Waals surface area contributed by atoms with Gasteiger partial charge in [-0.1, -0.05) is 12.1 Å². The molecule has 124 valence electrons. The van der Waals surface area contributed by atoms with Crippen molar-refractivity contribution >= 4 is 22.9 Å². The lowest BCUT2D eigenvalue weighted by atomic mass is 9.75. The number of nitrogens with zero attached hydrogens (tertiary/aromatic N) is 4. The van der Waals surface area contributed by atoms with Gasteiger partial charge in [0.05, 0.1) is 23.8 Å². The van der Waals surface area contributed by atoms with Gasteiger partial charge in [0.15, 0.2) is 18.0 Å². The van der Waals surface area contributed by atoms with E-state index in [-0.39, 0.29) is 10.2 Å². The molecule has 0 amide bonds. The van der Waals surface area contributed by atoms with E-state index in [0.29, 0.717) is 30.8 Å². The van der Waals surface area contributed by atoms with E-state index in [1.54, 1.807) is 6.20 Å². The van der Waals surface area contributed by atoms with Crippen molar-refractivity contribution in [2.75, 3.05) is 31.5 Å². The van der Waals surface area contributed by atoms with Gasteiger partial charge in [0.1, 0.15) is 13.1 Å². The molecule has 4 aliphatic rings. The quantitative estimate of drug-likeness (QED) is 0.781. The summed E-state index contributed by atoms with van der Waals surface area (Å²) in [4.78, 5) is 13.5. The number of fused-ring (bicyclic) bond motifs is 3. The summed E-state index contributed by atoms with van der Waals surface area (Å²) in [6.07, 6.45) is 3.68. The normalized spacial score (nSPS) is 34.4. The molecule has 24 heavy (non-hydrogen) atoms. The predicted octanol–water partition coefficient (Wildman–Crippen LogP) is 1.80. The van der Waals surface area contributed by atoms with E-state index in [2.05, 4.69) is 20.3 Å². The maximum absolute atomic E-state index is 10.6. The summed E-state index contributed by atoms with van der Waals surface area (Å²) >= 11 is 0. The van der Waals surface area contributed by atoms with Crippen molar-refractivity contribution in [3.8, 4) is 0 Å². The Morgan fingerprint density at radius 1 is 1.21 bits per heavy atom. The van der Waals surface area contributed by atoms with Crippen molar-refractivity contribution in [2.24, 2.45) is 10.9 Å². The molecule has 1 aromatic carbocycles. The van der Waals surface area contributed by atoms with E-state index < -0.39 is 0 Å². The zero-order valence-electron chi connectivity index (χ0n) is 13.4. The summed E-state index contributed by atoms with van der Waals surface area (Å²) in [6.45, 7) is 2.88. The molecule has 0 aliphatic carbocycles. The van der Waals surface area contributed by atoms with Gasteiger partial charge in [-0.3, -0.25) is 10.3 Å². The first-order valence-electron chi connectivity index (χ1n) is 8.45. The molecule has 6 rings (SSSR count). The summed E-state index contributed by atoms with van der Waals surface area (Å²) in [5, 5.41) is 13.7. The Balaban J connectivity index is 1.35. The van der Waals surface area contributed by atoms with E-state index in [9.17, 15) is 5.21 Å². The highest BCUT2D eigenvalue weighted by Gasteiger charge is 2.59. The van der Waals surface area contributed by atoms with Crippen molar-refractivity contribution in [1.29, 1.82) is 0 Å². The van der Waals surface area contributed by atoms with Crippen LogP contribution in [0.4, 0.5) is 5.82 Å². The van der Waals surface area contributed by atoms with Crippen molar-refractivity contribution in [3.63, 3.8) is 0 Å². The molecule has 2 N–H and O–H groups in total. The number of para-hydroxylation sites is 2. The Bertz CT molecular complexity index is 831. The molecule has 4 aliphatic heterocycles. The number of aliphatic imine (C=N–C) groups is 1. The third kappa shape index (κ3) is 2.16. The Hall–Kier alpha value is -2.25. The number of rotatable bonds is 1. The minimum absolute atomic E-state index is 0.120. The summed E-state index contributed by atoms with van der Waals surface area (Å²) in [6, 6.07) is 8.23. The van der Waals surface area contributed by atoms with Gasteiger partial charge in [-0.15, -0.1) is 0 Å². The first-order valence-corrected chi connectivity index (χ1v) is 8.45. The van der Waals surface area contributed by atoms with Crippen LogP contribution in [-0.2, 0) is 4.74 Å². The number of hydrogen-bond acceptors (Lipinski definition) is 6. The topological polar surface area (TPSA) is 79.6 Å². The Kier molecular flexibility index (Phi) is 2.87. The lowest BCUT2D eigenvalue weighted by Gasteiger charge is -2.51. The molecular weight excluding hydrogens is 306 g/mol. The lowest BCUT2D eigenvalue weighted by molar-refractivity contribution is -1.12. The summed E-state index contributed by atoms with van der Waals surface area (Å²) in [5.74, 6) is 1.09. The molecule has 1 spiro atoms. The molecule has 7 nitrogen and oxygen atoms in total. The van der Waals surface area contributed by atoms with Gasteiger partial charge in [0, 0.05) is 18.8 Å². The summed E-state index contributed by atoms with van der Waals surface area (Å²) in [5.41, 5.74) is 1.33. The predicted molar refractivity (Wildman–Crippen MR) is 88.7 cm³/mol. The minimum atomic E-state index is -0.363. The number of amidine groups is 1. The van der Waals surface area contributed by atoms with Gasteiger partial charge in [-0.2, -0.15) is 4.65 Å². The van der Waals surface area contributed by atoms with Crippen LogP contribution in [0.25, 0.3) is 11.0 Å². The number of nitrogens with one attached hydrogen (secondary N) is 1. The maximum Gasteiger partial charge on any atom is 0.291 e. The largest absolute Gasteiger partial charge is 0.450 e. The fraction of sp³-hybridized carbons (Fsp3) is 0.471. The Morgan fingerprint density at radius 2 is 2.00 bits per heavy atom. The number of piperidine rings is 3. The van der Waals surface area contributed by atoms with E-state index in [0.717, 1.165) is 37.0 Å². The molecule has 3 saturated heterocycles. The van der Waals surface area contributed by atoms with Gasteiger partial charge in [-0.25, -0.2) is 15.2 Å². The smallest absolute Gasteiger partial charge is 0.291 e. The highest BCUT2D eigenvalue weighted by atomic mass is 16.6. The second kappa shape index (κ2) is 4.87. The first kappa shape index (κ1) is 14.1. The molecule has 0 unspecified atom stereocenters. The molecule has 5 heterocycles. The van der Waals surface area contributed by atoms with Crippen molar-refractivity contribution in [1.82, 2.24) is 9.97 Å². The number of aromatic nitrogens is 2. The Labute approximate surface area is 139 Å². The average molecular weight is 326 g/mol. The highest BCUT2D eigenvalue weighted by molar-refractivity contribution is 5.90. The molecule has 2 aromatic rings. The van der Waals surface area contributed by atoms with Gasteiger partial charge in [0.2, 0.25) is 0 Å². The molecule has 1 aromatic heterocycles. The van der Waals surface area contributed by atoms with Crippen LogP contribution in [0.15, 0.2) is 35.5 Å². The SMILES string of the molecule is O[N+]12CCC(CC1)[C@]1(CN=C(Nc3cnc4ccccc4n3)O1)C2. The van der Waals surface area contributed by atoms with E-state index in [4.69, 9.17) is 4.74 Å². The van der Waals surface area contributed by atoms with Crippen LogP contribution in [0, 0.1) is 5.92 Å². The number of anilines is 1. The maximum atomic E-state index is 10.6. The first-order chi connectivity index (χ1) is 11.6. The van der Waals surface area contributed by atoms with Crippen LogP contribution < -0.4 is 5.32 Å². The third-order valence-corrected chi connectivity index (χ3v) is 5.57. The summed E-state index contributed by atoms with van der Waals surface area (Å²) < 4.78 is 6.32. The molecule has 0 radical (unpaired) electrons. The molecular formula is C17H20N5O2+. The lowest BCUT2D eigenvalue weighted by Crippen LogP contribution is -2.69. The van der Waals surface area contributed by atoms with Gasteiger partial charge < -0.3 is 4.74 Å². The number of benzene rings is 1. The third-order valence-electron chi connectivity index (χ3n) is 5.57. The second-order valence-corrected chi connectivity index (χ2v) is 7.13. The zero-order chi connectivity index (χ0) is 16.2. The van der Waals surface area contributed by atoms with Crippen LogP contribution in [0.3, 0.4) is 0 Å². The van der Waals surface area contributed by atoms with Crippen molar-refractivity contribution in [2.45, 2.75) is 18.4 Å². The standard InChI is InChI=1S/C17H20N5O2/c23-22-7-5-12(6-8-22)17(11-22)10-19-16(24-17)21-15-9-18-13-3-1-2-4-14(13)20-15/h1-4,9,12,23H,5-8,10-11H2,(H,19,20,21)/q+1/t12?,17-,22?/m0/s1. The minimum Gasteiger partial charge on any atom is -0.450 e. The molecule has 1 atom stereocenters. The highest BCUT2D eigenvalue weighted by Crippen LogP contribution is 2.43. The fourth-order valence-electron chi connectivity index (χ4n) is 4.31. The van der Waals surface area contributed by atoms with Crippen molar-refractivity contribution in [3.05, 3.63) is 30.5 Å². The molecule has 7 heteroatoms. The van der Waals surface area contributed by atoms with Crippen LogP contribution in [-0.4, -0.2) is 57.6 Å². The number of hydrogen-bond donors (Lipinski definition) is 2. The zero-order valence-corrected chi connectivity index (χ0v) is 13.4. The fourth-order valence-corrected chi connectivity index (χ4v) is 4.31. The Morgan fingerprint density at radius 3 is 2.79 bits per heavy atom. The molecule has 2 bridgehead atoms. The average Bonchev–Trinajstić information content (AvgIpc) is 2.97. The number of hydroxylamine groups is 3. The monoisotopic (exact) mass is 326 g/mol. The number of ether oxygens (including phenoxy) is 1. The van der Waals surface area contributed by atoms with Crippen LogP contribution in [0.5, 0.6) is 0 Å². The van der Waals surface area contributed by atoms with E-state index >= 15 is 0 Å². The number of quaternary nitrogens is 1. The van der Waals surface area contributed by atoms with Crippen molar-refractivity contribution < 1.29 is 14.6 Å². The molecule has 3 fully saturated rings. The molecule has 0 saturated carbocycles. The van der Waals surface area contributed by atoms with Crippen LogP contribution >= 0.6 is 0 Å². The van der Waals surface area contributed by atoms with Crippen LogP contribution in [0.2, 0.25) is 0 Å². The van der Waals surface area contributed by atoms with Gasteiger partial charge >= 0.3 is 0 Å². The van der Waals surface area contributed by atoms with Crippen LogP contribution in [0.1, 0.15) is 12.8 Å². The van der Waals surface area contributed by atoms with E-state index in [1.807, 2.05) is 24.3 Å². The van der Waals surface area contributed by atoms with E-state index in [1.165, 1.54) is 0 Å². The van der Waals surface area contributed by atoms with Gasteiger partial charge in [-0.05, 0) is 12.1 Å². The summed E-state index contributed by atoms with van der Waals surface area (Å²) in [7, 11) is 0.